The number of ether oxygens (including phenoxy) is 1. The predicted molar refractivity (Wildman–Crippen MR) is 76.4 cm³/mol. The van der Waals surface area contributed by atoms with E-state index in [1.807, 2.05) is 31.0 Å². The van der Waals surface area contributed by atoms with Crippen LogP contribution >= 0.6 is 0 Å². The van der Waals surface area contributed by atoms with Crippen molar-refractivity contribution in [3.8, 4) is 5.75 Å². The van der Waals surface area contributed by atoms with Gasteiger partial charge in [-0.3, -0.25) is 4.68 Å². The Labute approximate surface area is 114 Å². The number of rotatable bonds is 5. The molecule has 0 spiro atoms. The van der Waals surface area contributed by atoms with E-state index in [0.29, 0.717) is 0 Å². The van der Waals surface area contributed by atoms with Crippen molar-refractivity contribution in [1.82, 2.24) is 15.1 Å². The molecule has 0 aliphatic heterocycles. The van der Waals surface area contributed by atoms with Crippen molar-refractivity contribution < 1.29 is 4.74 Å². The third-order valence-corrected chi connectivity index (χ3v) is 3.29. The van der Waals surface area contributed by atoms with E-state index in [0.717, 1.165) is 17.9 Å². The molecule has 4 nitrogen and oxygen atoms in total. The summed E-state index contributed by atoms with van der Waals surface area (Å²) in [7, 11) is 5.61. The lowest BCUT2D eigenvalue weighted by molar-refractivity contribution is 0.400. The molecule has 0 aliphatic rings. The van der Waals surface area contributed by atoms with Gasteiger partial charge < -0.3 is 10.1 Å². The maximum atomic E-state index is 5.49. The number of benzene rings is 1. The Morgan fingerprint density at radius 1 is 1.37 bits per heavy atom. The number of nitrogens with zero attached hydrogens (tertiary/aromatic N) is 2. The summed E-state index contributed by atoms with van der Waals surface area (Å²) in [4.78, 5) is 0. The normalized spacial score (nSPS) is 12.4. The highest BCUT2D eigenvalue weighted by Gasteiger charge is 2.16. The molecule has 19 heavy (non-hydrogen) atoms. The first-order chi connectivity index (χ1) is 9.13. The molecule has 0 aliphatic carbocycles. The molecule has 0 radical (unpaired) electrons. The zero-order valence-corrected chi connectivity index (χ0v) is 12.0. The molecule has 0 saturated heterocycles. The van der Waals surface area contributed by atoms with Gasteiger partial charge in [-0.05, 0) is 31.7 Å². The highest BCUT2D eigenvalue weighted by molar-refractivity contribution is 5.39. The Hall–Kier alpha value is -1.81. The second kappa shape index (κ2) is 5.89. The van der Waals surface area contributed by atoms with Crippen molar-refractivity contribution in [2.24, 2.45) is 7.05 Å². The maximum Gasteiger partial charge on any atom is 0.123 e. The molecule has 0 bridgehead atoms. The topological polar surface area (TPSA) is 39.1 Å². The van der Waals surface area contributed by atoms with Crippen LogP contribution in [0.1, 0.15) is 22.9 Å². The molecule has 2 aromatic rings. The van der Waals surface area contributed by atoms with Gasteiger partial charge in [0.2, 0.25) is 0 Å². The molecule has 1 heterocycles. The van der Waals surface area contributed by atoms with E-state index < -0.39 is 0 Å². The highest BCUT2D eigenvalue weighted by atomic mass is 16.5. The molecule has 1 aromatic carbocycles. The summed E-state index contributed by atoms with van der Waals surface area (Å²) in [5.41, 5.74) is 3.44. The first-order valence-corrected chi connectivity index (χ1v) is 6.44. The second-order valence-corrected chi connectivity index (χ2v) is 4.77. The number of methoxy groups -OCH3 is 1. The van der Waals surface area contributed by atoms with E-state index >= 15 is 0 Å². The summed E-state index contributed by atoms with van der Waals surface area (Å²) in [6, 6.07) is 8.55. The van der Waals surface area contributed by atoms with Gasteiger partial charge in [0.1, 0.15) is 5.75 Å². The fourth-order valence-corrected chi connectivity index (χ4v) is 2.25. The average molecular weight is 259 g/mol. The largest absolute Gasteiger partial charge is 0.496 e. The molecule has 1 aromatic heterocycles. The first-order valence-electron chi connectivity index (χ1n) is 6.44. The van der Waals surface area contributed by atoms with E-state index in [4.69, 9.17) is 4.74 Å². The standard InChI is InChI=1S/C15H21N3O/c1-11-5-6-13(15(9-11)19-4)14(16-2)10-12-7-8-18(3)17-12/h5-9,14,16H,10H2,1-4H3. The van der Waals surface area contributed by atoms with Gasteiger partial charge in [-0.25, -0.2) is 0 Å². The third-order valence-electron chi connectivity index (χ3n) is 3.29. The molecular formula is C15H21N3O. The lowest BCUT2D eigenvalue weighted by Gasteiger charge is -2.19. The molecule has 0 fully saturated rings. The fourth-order valence-electron chi connectivity index (χ4n) is 2.25. The van der Waals surface area contributed by atoms with Crippen LogP contribution in [0.25, 0.3) is 0 Å². The van der Waals surface area contributed by atoms with Gasteiger partial charge >= 0.3 is 0 Å². The van der Waals surface area contributed by atoms with Crippen LogP contribution in [0.2, 0.25) is 0 Å². The molecule has 4 heteroatoms. The minimum Gasteiger partial charge on any atom is -0.496 e. The van der Waals surface area contributed by atoms with Crippen molar-refractivity contribution in [1.29, 1.82) is 0 Å². The SMILES string of the molecule is CNC(Cc1ccn(C)n1)c1ccc(C)cc1OC. The predicted octanol–water partition coefficient (Wildman–Crippen LogP) is 2.24. The molecule has 1 atom stereocenters. The van der Waals surface area contributed by atoms with E-state index in [1.54, 1.807) is 7.11 Å². The molecular weight excluding hydrogens is 238 g/mol. The minimum absolute atomic E-state index is 0.199. The smallest absolute Gasteiger partial charge is 0.123 e. The number of hydrogen-bond donors (Lipinski definition) is 1. The van der Waals surface area contributed by atoms with Crippen LogP contribution in [0.3, 0.4) is 0 Å². The number of likely N-dealkylation sites (N-methyl/N-ethyl adjacent to an activating group) is 1. The van der Waals surface area contributed by atoms with Crippen LogP contribution in [0, 0.1) is 6.92 Å². The molecule has 1 N–H and O–H groups in total. The summed E-state index contributed by atoms with van der Waals surface area (Å²) in [6.45, 7) is 2.07. The van der Waals surface area contributed by atoms with Crippen molar-refractivity contribution in [2.45, 2.75) is 19.4 Å². The monoisotopic (exact) mass is 259 g/mol. The van der Waals surface area contributed by atoms with Crippen molar-refractivity contribution in [3.63, 3.8) is 0 Å². The second-order valence-electron chi connectivity index (χ2n) is 4.77. The van der Waals surface area contributed by atoms with Crippen molar-refractivity contribution >= 4 is 0 Å². The van der Waals surface area contributed by atoms with Gasteiger partial charge in [0, 0.05) is 31.3 Å². The summed E-state index contributed by atoms with van der Waals surface area (Å²) in [5, 5.41) is 7.77. The zero-order chi connectivity index (χ0) is 13.8. The molecule has 0 amide bonds. The van der Waals surface area contributed by atoms with Crippen LogP contribution < -0.4 is 10.1 Å². The highest BCUT2D eigenvalue weighted by Crippen LogP contribution is 2.28. The van der Waals surface area contributed by atoms with Crippen LogP contribution in [0.4, 0.5) is 0 Å². The number of nitrogens with one attached hydrogen (secondary N) is 1. The summed E-state index contributed by atoms with van der Waals surface area (Å²) in [5.74, 6) is 0.926. The minimum atomic E-state index is 0.199. The lowest BCUT2D eigenvalue weighted by Crippen LogP contribution is -2.20. The van der Waals surface area contributed by atoms with Crippen LogP contribution in [-0.2, 0) is 13.5 Å². The number of hydrogen-bond acceptors (Lipinski definition) is 3. The Morgan fingerprint density at radius 2 is 2.16 bits per heavy atom. The van der Waals surface area contributed by atoms with Gasteiger partial charge in [-0.1, -0.05) is 12.1 Å². The van der Waals surface area contributed by atoms with Gasteiger partial charge in [0.25, 0.3) is 0 Å². The molecule has 102 valence electrons. The van der Waals surface area contributed by atoms with Gasteiger partial charge in [-0.2, -0.15) is 5.10 Å². The Balaban J connectivity index is 2.26. The Bertz CT molecular complexity index is 548. The first kappa shape index (κ1) is 13.6. The number of aromatic nitrogens is 2. The van der Waals surface area contributed by atoms with Gasteiger partial charge in [0.15, 0.2) is 0 Å². The van der Waals surface area contributed by atoms with Crippen LogP contribution in [0.5, 0.6) is 5.75 Å². The quantitative estimate of drug-likeness (QED) is 0.895. The molecule has 0 saturated carbocycles. The average Bonchev–Trinajstić information content (AvgIpc) is 2.81. The summed E-state index contributed by atoms with van der Waals surface area (Å²) >= 11 is 0. The van der Waals surface area contributed by atoms with Crippen LogP contribution in [0.15, 0.2) is 30.5 Å². The number of aryl methyl sites for hydroxylation is 2. The van der Waals surface area contributed by atoms with Gasteiger partial charge in [-0.15, -0.1) is 0 Å². The van der Waals surface area contributed by atoms with Crippen molar-refractivity contribution in [3.05, 3.63) is 47.3 Å². The van der Waals surface area contributed by atoms with E-state index in [-0.39, 0.29) is 6.04 Å². The fraction of sp³-hybridized carbons (Fsp3) is 0.400. The zero-order valence-electron chi connectivity index (χ0n) is 12.0. The van der Waals surface area contributed by atoms with Crippen molar-refractivity contribution in [2.75, 3.05) is 14.2 Å². The summed E-state index contributed by atoms with van der Waals surface area (Å²) < 4.78 is 7.31. The van der Waals surface area contributed by atoms with E-state index in [2.05, 4.69) is 35.5 Å². The lowest BCUT2D eigenvalue weighted by atomic mass is 10.00. The van der Waals surface area contributed by atoms with Gasteiger partial charge in [0.05, 0.1) is 12.8 Å². The Kier molecular flexibility index (Phi) is 4.22. The maximum absolute atomic E-state index is 5.49. The van der Waals surface area contributed by atoms with E-state index in [9.17, 15) is 0 Å². The molecule has 1 unspecified atom stereocenters. The molecule has 2 rings (SSSR count). The van der Waals surface area contributed by atoms with Crippen LogP contribution in [-0.4, -0.2) is 23.9 Å². The third kappa shape index (κ3) is 3.15. The van der Waals surface area contributed by atoms with E-state index in [1.165, 1.54) is 11.1 Å². The Morgan fingerprint density at radius 3 is 2.74 bits per heavy atom. The summed E-state index contributed by atoms with van der Waals surface area (Å²) in [6.07, 6.45) is 2.81.